The molecule has 0 heterocycles. The van der Waals surface area contributed by atoms with E-state index in [0.29, 0.717) is 25.0 Å². The van der Waals surface area contributed by atoms with Gasteiger partial charge in [-0.15, -0.1) is 0 Å². The number of nitrogens with one attached hydrogen (secondary N) is 1. The van der Waals surface area contributed by atoms with Gasteiger partial charge in [0.05, 0.1) is 6.61 Å². The van der Waals surface area contributed by atoms with Gasteiger partial charge in [0, 0.05) is 12.7 Å². The Morgan fingerprint density at radius 2 is 1.94 bits per heavy atom. The van der Waals surface area contributed by atoms with E-state index in [4.69, 9.17) is 9.84 Å². The molecule has 1 aromatic rings. The summed E-state index contributed by atoms with van der Waals surface area (Å²) < 4.78 is 4.97. The van der Waals surface area contributed by atoms with Crippen LogP contribution in [0.1, 0.15) is 28.8 Å². The maximum atomic E-state index is 11.9. The monoisotopic (exact) mass is 249 g/mol. The average molecular weight is 249 g/mol. The number of ether oxygens (including phenoxy) is 1. The van der Waals surface area contributed by atoms with Crippen molar-refractivity contribution in [2.45, 2.75) is 25.0 Å². The lowest BCUT2D eigenvalue weighted by Crippen LogP contribution is -2.43. The topological polar surface area (TPSA) is 75.6 Å². The van der Waals surface area contributed by atoms with Crippen molar-refractivity contribution in [3.05, 3.63) is 35.4 Å². The molecule has 0 spiro atoms. The summed E-state index contributed by atoms with van der Waals surface area (Å²) in [6.45, 7) is 0.487. The van der Waals surface area contributed by atoms with Crippen LogP contribution in [0.2, 0.25) is 0 Å². The van der Waals surface area contributed by atoms with Gasteiger partial charge in [-0.3, -0.25) is 4.79 Å². The first-order valence-electron chi connectivity index (χ1n) is 5.71. The first-order valence-corrected chi connectivity index (χ1v) is 5.71. The van der Waals surface area contributed by atoms with Crippen LogP contribution >= 0.6 is 0 Å². The molecule has 0 aromatic heterocycles. The van der Waals surface area contributed by atoms with Gasteiger partial charge in [0.15, 0.2) is 0 Å². The van der Waals surface area contributed by atoms with Crippen LogP contribution in [0.4, 0.5) is 0 Å². The average Bonchev–Trinajstić information content (AvgIpc) is 3.11. The zero-order valence-corrected chi connectivity index (χ0v) is 10.1. The molecule has 2 rings (SSSR count). The molecule has 1 saturated carbocycles. The van der Waals surface area contributed by atoms with Crippen molar-refractivity contribution in [1.82, 2.24) is 5.32 Å². The lowest BCUT2D eigenvalue weighted by Gasteiger charge is -2.12. The number of rotatable bonds is 5. The fraction of sp³-hybridized carbons (Fsp3) is 0.385. The van der Waals surface area contributed by atoms with Crippen LogP contribution in [0.3, 0.4) is 0 Å². The van der Waals surface area contributed by atoms with Crippen LogP contribution in [-0.4, -0.2) is 29.6 Å². The standard InChI is InChI=1S/C13H15NO4/c1-18-8-9-2-4-10(5-3-9)11(15)14-13(6-7-13)12(16)17/h2-5H,6-8H2,1H3,(H,14,15)(H,16,17). The fourth-order valence-electron chi connectivity index (χ4n) is 1.73. The number of carboxylic acids is 1. The molecule has 1 aliphatic rings. The van der Waals surface area contributed by atoms with Crippen molar-refractivity contribution in [3.8, 4) is 0 Å². The van der Waals surface area contributed by atoms with Crippen LogP contribution in [0.15, 0.2) is 24.3 Å². The summed E-state index contributed by atoms with van der Waals surface area (Å²) in [5.41, 5.74) is 0.387. The van der Waals surface area contributed by atoms with Gasteiger partial charge in [0.25, 0.3) is 5.91 Å². The highest BCUT2D eigenvalue weighted by Gasteiger charge is 2.51. The molecule has 0 saturated heterocycles. The third kappa shape index (κ3) is 2.51. The number of amides is 1. The number of hydrogen-bond donors (Lipinski definition) is 2. The van der Waals surface area contributed by atoms with Gasteiger partial charge in [0.2, 0.25) is 0 Å². The third-order valence-corrected chi connectivity index (χ3v) is 3.04. The van der Waals surface area contributed by atoms with Crippen molar-refractivity contribution in [3.63, 3.8) is 0 Å². The predicted octanol–water partition coefficient (Wildman–Crippen LogP) is 1.18. The van der Waals surface area contributed by atoms with Gasteiger partial charge in [-0.25, -0.2) is 4.79 Å². The van der Waals surface area contributed by atoms with E-state index < -0.39 is 11.5 Å². The van der Waals surface area contributed by atoms with E-state index in [1.165, 1.54) is 0 Å². The third-order valence-electron chi connectivity index (χ3n) is 3.04. The number of carboxylic acid groups (broad SMARTS) is 1. The van der Waals surface area contributed by atoms with Gasteiger partial charge < -0.3 is 15.2 Å². The van der Waals surface area contributed by atoms with E-state index in [-0.39, 0.29) is 5.91 Å². The maximum absolute atomic E-state index is 11.9. The number of methoxy groups -OCH3 is 1. The van der Waals surface area contributed by atoms with Crippen molar-refractivity contribution in [2.75, 3.05) is 7.11 Å². The van der Waals surface area contributed by atoms with Crippen molar-refractivity contribution in [2.24, 2.45) is 0 Å². The molecule has 96 valence electrons. The lowest BCUT2D eigenvalue weighted by atomic mass is 10.1. The van der Waals surface area contributed by atoms with E-state index in [2.05, 4.69) is 5.32 Å². The minimum Gasteiger partial charge on any atom is -0.480 e. The molecule has 0 atom stereocenters. The molecule has 5 heteroatoms. The minimum absolute atomic E-state index is 0.348. The maximum Gasteiger partial charge on any atom is 0.329 e. The van der Waals surface area contributed by atoms with Gasteiger partial charge in [-0.2, -0.15) is 0 Å². The number of aliphatic carboxylic acids is 1. The Balaban J connectivity index is 2.03. The smallest absolute Gasteiger partial charge is 0.329 e. The Morgan fingerprint density at radius 1 is 1.33 bits per heavy atom. The summed E-state index contributed by atoms with van der Waals surface area (Å²) in [5.74, 6) is -1.31. The second-order valence-corrected chi connectivity index (χ2v) is 4.47. The van der Waals surface area contributed by atoms with E-state index in [1.807, 2.05) is 0 Å². The molecule has 1 aliphatic carbocycles. The molecular formula is C13H15NO4. The zero-order chi connectivity index (χ0) is 13.2. The van der Waals surface area contributed by atoms with E-state index in [1.54, 1.807) is 31.4 Å². The fourth-order valence-corrected chi connectivity index (χ4v) is 1.73. The summed E-state index contributed by atoms with van der Waals surface area (Å²) in [7, 11) is 1.60. The summed E-state index contributed by atoms with van der Waals surface area (Å²) >= 11 is 0. The lowest BCUT2D eigenvalue weighted by molar-refractivity contribution is -0.140. The summed E-state index contributed by atoms with van der Waals surface area (Å²) in [6.07, 6.45) is 0.992. The van der Waals surface area contributed by atoms with Crippen molar-refractivity contribution in [1.29, 1.82) is 0 Å². The normalized spacial score (nSPS) is 16.1. The van der Waals surface area contributed by atoms with Crippen molar-refractivity contribution >= 4 is 11.9 Å². The van der Waals surface area contributed by atoms with Crippen LogP contribution in [0.5, 0.6) is 0 Å². The largest absolute Gasteiger partial charge is 0.480 e. The van der Waals surface area contributed by atoms with Gasteiger partial charge in [-0.05, 0) is 30.5 Å². The molecule has 0 aliphatic heterocycles. The molecule has 0 radical (unpaired) electrons. The SMILES string of the molecule is COCc1ccc(C(=O)NC2(C(=O)O)CC2)cc1. The zero-order valence-electron chi connectivity index (χ0n) is 10.1. The first-order chi connectivity index (χ1) is 8.57. The number of carbonyl (C=O) groups excluding carboxylic acids is 1. The highest BCUT2D eigenvalue weighted by Crippen LogP contribution is 2.35. The highest BCUT2D eigenvalue weighted by atomic mass is 16.5. The molecule has 1 amide bonds. The molecule has 18 heavy (non-hydrogen) atoms. The number of carbonyl (C=O) groups is 2. The highest BCUT2D eigenvalue weighted by molar-refractivity contribution is 5.98. The number of benzene rings is 1. The molecule has 1 aromatic carbocycles. The number of hydrogen-bond acceptors (Lipinski definition) is 3. The Hall–Kier alpha value is -1.88. The van der Waals surface area contributed by atoms with Crippen LogP contribution in [0.25, 0.3) is 0 Å². The van der Waals surface area contributed by atoms with Gasteiger partial charge in [0.1, 0.15) is 5.54 Å². The molecular weight excluding hydrogens is 234 g/mol. The van der Waals surface area contributed by atoms with E-state index in [9.17, 15) is 9.59 Å². The predicted molar refractivity (Wildman–Crippen MR) is 64.2 cm³/mol. The molecule has 0 bridgehead atoms. The molecule has 0 unspecified atom stereocenters. The Bertz CT molecular complexity index is 462. The Kier molecular flexibility index (Phi) is 3.34. The minimum atomic E-state index is -1.04. The molecule has 2 N–H and O–H groups in total. The quantitative estimate of drug-likeness (QED) is 0.821. The first kappa shape index (κ1) is 12.6. The van der Waals surface area contributed by atoms with Crippen LogP contribution in [0, 0.1) is 0 Å². The van der Waals surface area contributed by atoms with E-state index in [0.717, 1.165) is 5.56 Å². The van der Waals surface area contributed by atoms with Crippen LogP contribution in [-0.2, 0) is 16.1 Å². The summed E-state index contributed by atoms with van der Waals surface area (Å²) in [4.78, 5) is 22.8. The summed E-state index contributed by atoms with van der Waals surface area (Å²) in [5, 5.41) is 11.5. The second-order valence-electron chi connectivity index (χ2n) is 4.47. The molecule has 5 nitrogen and oxygen atoms in total. The van der Waals surface area contributed by atoms with Crippen LogP contribution < -0.4 is 5.32 Å². The van der Waals surface area contributed by atoms with Gasteiger partial charge >= 0.3 is 5.97 Å². The van der Waals surface area contributed by atoms with E-state index >= 15 is 0 Å². The Labute approximate surface area is 105 Å². The Morgan fingerprint density at radius 3 is 2.39 bits per heavy atom. The summed E-state index contributed by atoms with van der Waals surface area (Å²) in [6, 6.07) is 6.92. The second kappa shape index (κ2) is 4.78. The molecule has 1 fully saturated rings. The van der Waals surface area contributed by atoms with Crippen molar-refractivity contribution < 1.29 is 19.4 Å². The van der Waals surface area contributed by atoms with Gasteiger partial charge in [-0.1, -0.05) is 12.1 Å².